The van der Waals surface area contributed by atoms with Crippen molar-refractivity contribution in [1.29, 1.82) is 0 Å². The van der Waals surface area contributed by atoms with Crippen LogP contribution in [0.1, 0.15) is 16.8 Å². The summed E-state index contributed by atoms with van der Waals surface area (Å²) >= 11 is 5.95. The summed E-state index contributed by atoms with van der Waals surface area (Å²) in [6.45, 7) is 1.60. The summed E-state index contributed by atoms with van der Waals surface area (Å²) in [7, 11) is -3.52. The smallest absolute Gasteiger partial charge is 0.321 e. The SMILES string of the molecule is CS(=O)(=O)c1ccccc1C(=O)N1CCCN(C(=O)Nc2cccc(Cl)c2)CC1. The van der Waals surface area contributed by atoms with E-state index in [0.29, 0.717) is 43.3 Å². The molecule has 0 aromatic heterocycles. The molecule has 0 bridgehead atoms. The number of carbonyl (C=O) groups excluding carboxylic acids is 2. The van der Waals surface area contributed by atoms with Crippen LogP contribution in [0.5, 0.6) is 0 Å². The summed E-state index contributed by atoms with van der Waals surface area (Å²) < 4.78 is 24.0. The quantitative estimate of drug-likeness (QED) is 0.802. The molecule has 0 unspecified atom stereocenters. The van der Waals surface area contributed by atoms with Crippen molar-refractivity contribution in [2.24, 2.45) is 0 Å². The molecule has 1 saturated heterocycles. The Hall–Kier alpha value is -2.58. The van der Waals surface area contributed by atoms with Crippen LogP contribution in [0.2, 0.25) is 5.02 Å². The van der Waals surface area contributed by atoms with Crippen molar-refractivity contribution in [3.8, 4) is 0 Å². The van der Waals surface area contributed by atoms with E-state index in [4.69, 9.17) is 11.6 Å². The molecule has 2 aromatic carbocycles. The van der Waals surface area contributed by atoms with Gasteiger partial charge in [-0.3, -0.25) is 4.79 Å². The van der Waals surface area contributed by atoms with E-state index in [-0.39, 0.29) is 22.4 Å². The van der Waals surface area contributed by atoms with Crippen LogP contribution in [0.25, 0.3) is 0 Å². The van der Waals surface area contributed by atoms with E-state index in [1.54, 1.807) is 46.2 Å². The van der Waals surface area contributed by atoms with Crippen molar-refractivity contribution in [3.05, 3.63) is 59.1 Å². The minimum Gasteiger partial charge on any atom is -0.337 e. The van der Waals surface area contributed by atoms with Crippen LogP contribution in [0.3, 0.4) is 0 Å². The summed E-state index contributed by atoms with van der Waals surface area (Å²) in [6.07, 6.45) is 1.68. The molecular weight excluding hydrogens is 414 g/mol. The second-order valence-corrected chi connectivity index (χ2v) is 9.26. The zero-order chi connectivity index (χ0) is 21.0. The number of nitrogens with one attached hydrogen (secondary N) is 1. The zero-order valence-corrected chi connectivity index (χ0v) is 17.5. The molecular formula is C20H22ClN3O4S. The van der Waals surface area contributed by atoms with Crippen LogP contribution in [0.15, 0.2) is 53.4 Å². The number of carbonyl (C=O) groups is 2. The van der Waals surface area contributed by atoms with Gasteiger partial charge in [0, 0.05) is 43.1 Å². The molecule has 2 aromatic rings. The Bertz CT molecular complexity index is 1030. The third kappa shape index (κ3) is 5.27. The average molecular weight is 436 g/mol. The summed E-state index contributed by atoms with van der Waals surface area (Å²) in [4.78, 5) is 28.8. The first-order chi connectivity index (χ1) is 13.8. The third-order valence-corrected chi connectivity index (χ3v) is 6.05. The number of benzene rings is 2. The van der Waals surface area contributed by atoms with Gasteiger partial charge in [-0.05, 0) is 36.8 Å². The van der Waals surface area contributed by atoms with E-state index in [0.717, 1.165) is 6.26 Å². The van der Waals surface area contributed by atoms with Gasteiger partial charge in [-0.25, -0.2) is 13.2 Å². The van der Waals surface area contributed by atoms with Crippen LogP contribution >= 0.6 is 11.6 Å². The van der Waals surface area contributed by atoms with Gasteiger partial charge in [0.1, 0.15) is 0 Å². The van der Waals surface area contributed by atoms with Crippen LogP contribution in [-0.2, 0) is 9.84 Å². The maximum Gasteiger partial charge on any atom is 0.321 e. The first-order valence-electron chi connectivity index (χ1n) is 9.15. The number of anilines is 1. The van der Waals surface area contributed by atoms with E-state index < -0.39 is 9.84 Å². The number of hydrogen-bond donors (Lipinski definition) is 1. The van der Waals surface area contributed by atoms with Gasteiger partial charge >= 0.3 is 6.03 Å². The molecule has 0 atom stereocenters. The van der Waals surface area contributed by atoms with Gasteiger partial charge in [0.25, 0.3) is 5.91 Å². The van der Waals surface area contributed by atoms with Crippen molar-refractivity contribution < 1.29 is 18.0 Å². The first kappa shape index (κ1) is 21.1. The normalized spacial score (nSPS) is 15.0. The van der Waals surface area contributed by atoms with Crippen molar-refractivity contribution in [2.45, 2.75) is 11.3 Å². The Morgan fingerprint density at radius 1 is 0.966 bits per heavy atom. The number of sulfone groups is 1. The van der Waals surface area contributed by atoms with E-state index in [9.17, 15) is 18.0 Å². The van der Waals surface area contributed by atoms with Gasteiger partial charge < -0.3 is 15.1 Å². The number of nitrogens with zero attached hydrogens (tertiary/aromatic N) is 2. The lowest BCUT2D eigenvalue weighted by molar-refractivity contribution is 0.0759. The van der Waals surface area contributed by atoms with Crippen molar-refractivity contribution in [3.63, 3.8) is 0 Å². The van der Waals surface area contributed by atoms with Crippen molar-refractivity contribution in [1.82, 2.24) is 9.80 Å². The Kier molecular flexibility index (Phi) is 6.44. The molecule has 1 aliphatic heterocycles. The molecule has 1 heterocycles. The Balaban J connectivity index is 1.69. The molecule has 0 radical (unpaired) electrons. The van der Waals surface area contributed by atoms with Gasteiger partial charge in [-0.2, -0.15) is 0 Å². The summed E-state index contributed by atoms with van der Waals surface area (Å²) in [6, 6.07) is 12.8. The third-order valence-electron chi connectivity index (χ3n) is 4.66. The molecule has 1 aliphatic rings. The fourth-order valence-corrected chi connectivity index (χ4v) is 4.30. The lowest BCUT2D eigenvalue weighted by atomic mass is 10.2. The van der Waals surface area contributed by atoms with Gasteiger partial charge in [0.2, 0.25) is 0 Å². The molecule has 3 rings (SSSR count). The van der Waals surface area contributed by atoms with Crippen molar-refractivity contribution >= 4 is 39.1 Å². The molecule has 0 saturated carbocycles. The second-order valence-electron chi connectivity index (χ2n) is 6.84. The summed E-state index contributed by atoms with van der Waals surface area (Å²) in [5.41, 5.74) is 0.758. The largest absolute Gasteiger partial charge is 0.337 e. The Morgan fingerprint density at radius 2 is 1.66 bits per heavy atom. The predicted octanol–water partition coefficient (Wildman–Crippen LogP) is 3.12. The maximum absolute atomic E-state index is 13.0. The number of urea groups is 1. The molecule has 7 nitrogen and oxygen atoms in total. The predicted molar refractivity (Wildman–Crippen MR) is 112 cm³/mol. The highest BCUT2D eigenvalue weighted by Gasteiger charge is 2.26. The number of halogens is 1. The molecule has 1 fully saturated rings. The van der Waals surface area contributed by atoms with E-state index >= 15 is 0 Å². The molecule has 9 heteroatoms. The number of hydrogen-bond acceptors (Lipinski definition) is 4. The minimum atomic E-state index is -3.52. The van der Waals surface area contributed by atoms with Gasteiger partial charge in [0.05, 0.1) is 10.5 Å². The van der Waals surface area contributed by atoms with Crippen molar-refractivity contribution in [2.75, 3.05) is 37.8 Å². The topological polar surface area (TPSA) is 86.8 Å². The highest BCUT2D eigenvalue weighted by Crippen LogP contribution is 2.19. The highest BCUT2D eigenvalue weighted by atomic mass is 35.5. The monoisotopic (exact) mass is 435 g/mol. The van der Waals surface area contributed by atoms with E-state index in [1.807, 2.05) is 0 Å². The maximum atomic E-state index is 13.0. The van der Waals surface area contributed by atoms with Crippen LogP contribution < -0.4 is 5.32 Å². The molecule has 0 spiro atoms. The zero-order valence-electron chi connectivity index (χ0n) is 16.0. The van der Waals surface area contributed by atoms with E-state index in [1.165, 1.54) is 12.1 Å². The second kappa shape index (κ2) is 8.84. The molecule has 1 N–H and O–H groups in total. The van der Waals surface area contributed by atoms with Crippen LogP contribution in [0, 0.1) is 0 Å². The molecule has 0 aliphatic carbocycles. The fourth-order valence-electron chi connectivity index (χ4n) is 3.23. The first-order valence-corrected chi connectivity index (χ1v) is 11.4. The molecule has 29 heavy (non-hydrogen) atoms. The average Bonchev–Trinajstić information content (AvgIpc) is 2.93. The Labute approximate surface area is 175 Å². The number of amides is 3. The number of rotatable bonds is 3. The van der Waals surface area contributed by atoms with Crippen LogP contribution in [-0.4, -0.2) is 62.6 Å². The summed E-state index contributed by atoms with van der Waals surface area (Å²) in [5.74, 6) is -0.344. The van der Waals surface area contributed by atoms with Crippen LogP contribution in [0.4, 0.5) is 10.5 Å². The molecule has 154 valence electrons. The standard InChI is InChI=1S/C20H22ClN3O4S/c1-29(27,28)18-9-3-2-8-17(18)19(25)23-10-5-11-24(13-12-23)20(26)22-16-7-4-6-15(21)14-16/h2-4,6-9,14H,5,10-13H2,1H3,(H,22,26). The lowest BCUT2D eigenvalue weighted by Crippen LogP contribution is -2.39. The fraction of sp³-hybridized carbons (Fsp3) is 0.300. The highest BCUT2D eigenvalue weighted by molar-refractivity contribution is 7.90. The van der Waals surface area contributed by atoms with Gasteiger partial charge in [-0.15, -0.1) is 0 Å². The van der Waals surface area contributed by atoms with Gasteiger partial charge in [-0.1, -0.05) is 29.8 Å². The minimum absolute atomic E-state index is 0.0183. The lowest BCUT2D eigenvalue weighted by Gasteiger charge is -2.23. The molecule has 3 amide bonds. The van der Waals surface area contributed by atoms with E-state index in [2.05, 4.69) is 5.32 Å². The summed E-state index contributed by atoms with van der Waals surface area (Å²) in [5, 5.41) is 3.33. The van der Waals surface area contributed by atoms with Gasteiger partial charge in [0.15, 0.2) is 9.84 Å². The Morgan fingerprint density at radius 3 is 2.38 bits per heavy atom.